The van der Waals surface area contributed by atoms with Crippen LogP contribution in [0.25, 0.3) is 87.5 Å². The Kier molecular flexibility index (Phi) is 5.25. The number of fused-ring (bicyclic) bond motifs is 12. The Hall–Kier alpha value is -6.52. The van der Waals surface area contributed by atoms with Crippen molar-refractivity contribution in [1.82, 2.24) is 8.97 Å². The zero-order valence-electron chi connectivity index (χ0n) is 28.0. The number of hydrogen-bond donors (Lipinski definition) is 1. The molecule has 1 aliphatic heterocycles. The standard InChI is InChI=1S/C47H30BN3/c1-27-12-2-7-21-37(27)49-45-34(24-25-40-43(45)35-19-10-17-32-30-15-5-8-22-38(30)50(40)46(32)35)42-29-14-4-3-13-28(29)26-41-44(42)48-36-20-11-18-33-31-16-6-9-23-39(31)51(41)47(33)36/h2-26,48-49H,1H3. The molecule has 0 aliphatic carbocycles. The van der Waals surface area contributed by atoms with Crippen molar-refractivity contribution in [3.63, 3.8) is 0 Å². The van der Waals surface area contributed by atoms with Gasteiger partial charge in [-0.1, -0.05) is 127 Å². The van der Waals surface area contributed by atoms with Gasteiger partial charge in [-0.25, -0.2) is 0 Å². The Morgan fingerprint density at radius 2 is 1.20 bits per heavy atom. The molecule has 3 nitrogen and oxygen atoms in total. The molecule has 51 heavy (non-hydrogen) atoms. The zero-order chi connectivity index (χ0) is 33.4. The van der Waals surface area contributed by atoms with Crippen LogP contribution in [0.3, 0.4) is 0 Å². The molecule has 0 radical (unpaired) electrons. The second-order valence-corrected chi connectivity index (χ2v) is 14.2. The van der Waals surface area contributed by atoms with Crippen LogP contribution in [0.2, 0.25) is 0 Å². The quantitative estimate of drug-likeness (QED) is 0.189. The summed E-state index contributed by atoms with van der Waals surface area (Å²) in [5, 5.41) is 14.3. The number of nitrogens with one attached hydrogen (secondary N) is 1. The largest absolute Gasteiger partial charge is 0.354 e. The molecule has 4 heterocycles. The van der Waals surface area contributed by atoms with Crippen LogP contribution in [0.1, 0.15) is 5.56 Å². The minimum atomic E-state index is 0.865. The van der Waals surface area contributed by atoms with Crippen LogP contribution in [0, 0.1) is 6.92 Å². The summed E-state index contributed by atoms with van der Waals surface area (Å²) < 4.78 is 5.02. The highest BCUT2D eigenvalue weighted by molar-refractivity contribution is 6.74. The van der Waals surface area contributed by atoms with Gasteiger partial charge in [-0.15, -0.1) is 0 Å². The Morgan fingerprint density at radius 3 is 2.06 bits per heavy atom. The van der Waals surface area contributed by atoms with Gasteiger partial charge in [-0.05, 0) is 64.6 Å². The van der Waals surface area contributed by atoms with Crippen LogP contribution in [-0.4, -0.2) is 16.2 Å². The van der Waals surface area contributed by atoms with Gasteiger partial charge in [0.15, 0.2) is 7.28 Å². The van der Waals surface area contributed by atoms with Crippen molar-refractivity contribution < 1.29 is 0 Å². The van der Waals surface area contributed by atoms with Crippen molar-refractivity contribution in [1.29, 1.82) is 0 Å². The molecule has 236 valence electrons. The average Bonchev–Trinajstić information content (AvgIpc) is 3.82. The molecule has 3 aromatic heterocycles. The van der Waals surface area contributed by atoms with Crippen LogP contribution in [0.5, 0.6) is 0 Å². The molecule has 0 amide bonds. The van der Waals surface area contributed by atoms with E-state index in [1.54, 1.807) is 0 Å². The summed E-state index contributed by atoms with van der Waals surface area (Å²) >= 11 is 0. The highest BCUT2D eigenvalue weighted by Crippen LogP contribution is 2.47. The van der Waals surface area contributed by atoms with E-state index in [0.29, 0.717) is 0 Å². The highest BCUT2D eigenvalue weighted by atomic mass is 15.0. The molecule has 0 bridgehead atoms. The third kappa shape index (κ3) is 3.49. The van der Waals surface area contributed by atoms with E-state index in [1.807, 2.05) is 0 Å². The van der Waals surface area contributed by atoms with Crippen molar-refractivity contribution >= 4 is 100 Å². The molecule has 11 aromatic rings. The van der Waals surface area contributed by atoms with Crippen molar-refractivity contribution in [3.05, 3.63) is 157 Å². The fourth-order valence-electron chi connectivity index (χ4n) is 9.44. The van der Waals surface area contributed by atoms with Gasteiger partial charge in [0, 0.05) is 54.8 Å². The molecule has 8 aromatic carbocycles. The van der Waals surface area contributed by atoms with E-state index in [1.165, 1.54) is 104 Å². The molecular weight excluding hydrogens is 617 g/mol. The molecule has 0 spiro atoms. The maximum atomic E-state index is 4.07. The van der Waals surface area contributed by atoms with Gasteiger partial charge in [-0.3, -0.25) is 0 Å². The summed E-state index contributed by atoms with van der Waals surface area (Å²) in [5.41, 5.74) is 16.4. The molecule has 0 atom stereocenters. The summed E-state index contributed by atoms with van der Waals surface area (Å²) in [5.74, 6) is 0. The van der Waals surface area contributed by atoms with Gasteiger partial charge in [-0.2, -0.15) is 0 Å². The second kappa shape index (κ2) is 9.80. The molecule has 4 heteroatoms. The average molecular weight is 648 g/mol. The van der Waals surface area contributed by atoms with Crippen LogP contribution >= 0.6 is 0 Å². The summed E-state index contributed by atoms with van der Waals surface area (Å²) in [4.78, 5) is 0. The maximum absolute atomic E-state index is 4.07. The SMILES string of the molecule is Cc1ccccc1Nc1c(-c2c3c(cc4ccccc24)-n2c4ccccc4c4cccc(c42)B3)ccc2c1c1cccc3c4ccccc4n2c31. The molecule has 0 saturated carbocycles. The van der Waals surface area contributed by atoms with Crippen molar-refractivity contribution in [2.75, 3.05) is 5.32 Å². The summed E-state index contributed by atoms with van der Waals surface area (Å²) in [6.45, 7) is 2.20. The van der Waals surface area contributed by atoms with Gasteiger partial charge >= 0.3 is 0 Å². The van der Waals surface area contributed by atoms with Crippen LogP contribution in [-0.2, 0) is 0 Å². The summed E-state index contributed by atoms with van der Waals surface area (Å²) in [7, 11) is 0.865. The number of benzene rings is 8. The predicted octanol–water partition coefficient (Wildman–Crippen LogP) is 10.5. The molecular formula is C47H30BN3. The van der Waals surface area contributed by atoms with Crippen molar-refractivity contribution in [3.8, 4) is 16.8 Å². The Morgan fingerprint density at radius 1 is 0.529 bits per heavy atom. The smallest absolute Gasteiger partial charge is 0.198 e. The summed E-state index contributed by atoms with van der Waals surface area (Å²) in [6.07, 6.45) is 0. The lowest BCUT2D eigenvalue weighted by atomic mass is 9.58. The topological polar surface area (TPSA) is 21.4 Å². The lowest BCUT2D eigenvalue weighted by molar-refractivity contribution is 1.20. The van der Waals surface area contributed by atoms with Gasteiger partial charge in [0.25, 0.3) is 0 Å². The first-order valence-electron chi connectivity index (χ1n) is 17.8. The number of aromatic nitrogens is 2. The van der Waals surface area contributed by atoms with E-state index in [-0.39, 0.29) is 0 Å². The molecule has 12 rings (SSSR count). The maximum Gasteiger partial charge on any atom is 0.198 e. The summed E-state index contributed by atoms with van der Waals surface area (Å²) in [6, 6.07) is 56.2. The fraction of sp³-hybridized carbons (Fsp3) is 0.0213. The number of hydrogen-bond acceptors (Lipinski definition) is 1. The van der Waals surface area contributed by atoms with E-state index in [0.717, 1.165) is 18.7 Å². The molecule has 1 N–H and O–H groups in total. The predicted molar refractivity (Wildman–Crippen MR) is 219 cm³/mol. The van der Waals surface area contributed by atoms with E-state index in [9.17, 15) is 0 Å². The monoisotopic (exact) mass is 647 g/mol. The van der Waals surface area contributed by atoms with Gasteiger partial charge in [0.05, 0.1) is 27.8 Å². The highest BCUT2D eigenvalue weighted by Gasteiger charge is 2.29. The minimum absolute atomic E-state index is 0.865. The van der Waals surface area contributed by atoms with E-state index in [4.69, 9.17) is 0 Å². The van der Waals surface area contributed by atoms with Crippen molar-refractivity contribution in [2.24, 2.45) is 0 Å². The molecule has 0 unspecified atom stereocenters. The van der Waals surface area contributed by atoms with Crippen LogP contribution in [0.4, 0.5) is 11.4 Å². The number of para-hydroxylation sites is 5. The molecule has 1 aliphatic rings. The van der Waals surface area contributed by atoms with Gasteiger partial charge in [0.1, 0.15) is 0 Å². The fourth-order valence-corrected chi connectivity index (χ4v) is 9.44. The van der Waals surface area contributed by atoms with E-state index in [2.05, 4.69) is 173 Å². The first kappa shape index (κ1) is 27.3. The lowest BCUT2D eigenvalue weighted by Crippen LogP contribution is -2.37. The first-order valence-corrected chi connectivity index (χ1v) is 17.8. The van der Waals surface area contributed by atoms with Gasteiger partial charge < -0.3 is 14.3 Å². The third-order valence-corrected chi connectivity index (χ3v) is 11.6. The van der Waals surface area contributed by atoms with Gasteiger partial charge in [0.2, 0.25) is 0 Å². The van der Waals surface area contributed by atoms with E-state index < -0.39 is 0 Å². The lowest BCUT2D eigenvalue weighted by Gasteiger charge is -2.26. The number of rotatable bonds is 3. The first-order chi connectivity index (χ1) is 25.2. The molecule has 0 saturated heterocycles. The van der Waals surface area contributed by atoms with Crippen LogP contribution in [0.15, 0.2) is 152 Å². The Labute approximate surface area is 294 Å². The van der Waals surface area contributed by atoms with E-state index >= 15 is 0 Å². The Bertz CT molecular complexity index is 3270. The minimum Gasteiger partial charge on any atom is -0.354 e. The number of anilines is 2. The number of nitrogens with zero attached hydrogens (tertiary/aromatic N) is 2. The normalized spacial score (nSPS) is 12.6. The zero-order valence-corrected chi connectivity index (χ0v) is 28.0. The van der Waals surface area contributed by atoms with Crippen LogP contribution < -0.4 is 16.2 Å². The van der Waals surface area contributed by atoms with Crippen molar-refractivity contribution in [2.45, 2.75) is 6.92 Å². The third-order valence-electron chi connectivity index (χ3n) is 11.6. The molecule has 0 fully saturated rings. The Balaban J connectivity index is 1.26. The number of aryl methyl sites for hydroxylation is 1. The second-order valence-electron chi connectivity index (χ2n) is 14.2.